The number of amides is 2. The van der Waals surface area contributed by atoms with Crippen molar-refractivity contribution in [2.75, 3.05) is 25.0 Å². The van der Waals surface area contributed by atoms with Crippen molar-refractivity contribution in [3.05, 3.63) is 30.1 Å². The summed E-state index contributed by atoms with van der Waals surface area (Å²) >= 11 is 0. The molecule has 1 aliphatic heterocycles. The van der Waals surface area contributed by atoms with Crippen molar-refractivity contribution in [1.29, 1.82) is 0 Å². The van der Waals surface area contributed by atoms with Crippen LogP contribution in [-0.4, -0.2) is 36.6 Å². The summed E-state index contributed by atoms with van der Waals surface area (Å²) in [6, 6.07) is 5.76. The van der Waals surface area contributed by atoms with Crippen molar-refractivity contribution in [3.8, 4) is 0 Å². The van der Waals surface area contributed by atoms with E-state index in [0.717, 1.165) is 6.42 Å². The number of carbonyl (C=O) groups is 2. The number of rotatable bonds is 3. The lowest BCUT2D eigenvalue weighted by Gasteiger charge is -2.31. The van der Waals surface area contributed by atoms with Crippen molar-refractivity contribution in [1.82, 2.24) is 4.90 Å². The summed E-state index contributed by atoms with van der Waals surface area (Å²) in [4.78, 5) is 25.4. The molecule has 1 fully saturated rings. The number of hydrogen-bond donors (Lipinski definition) is 1. The number of hydrogen-bond acceptors (Lipinski definition) is 3. The number of nitrogens with one attached hydrogen (secondary N) is 1. The van der Waals surface area contributed by atoms with Gasteiger partial charge in [0.05, 0.1) is 12.5 Å². The molecular formula is C15H19FN2O3. The molecule has 1 heterocycles. The van der Waals surface area contributed by atoms with Gasteiger partial charge >= 0.3 is 6.09 Å². The third kappa shape index (κ3) is 4.18. The second kappa shape index (κ2) is 7.06. The van der Waals surface area contributed by atoms with E-state index in [-0.39, 0.29) is 17.9 Å². The summed E-state index contributed by atoms with van der Waals surface area (Å²) in [6.45, 7) is 2.99. The number of carbonyl (C=O) groups excluding carboxylic acids is 2. The van der Waals surface area contributed by atoms with Gasteiger partial charge in [0, 0.05) is 18.8 Å². The summed E-state index contributed by atoms with van der Waals surface area (Å²) in [6.07, 6.45) is 1.07. The molecule has 0 spiro atoms. The molecule has 1 aliphatic rings. The Balaban J connectivity index is 1.94. The largest absolute Gasteiger partial charge is 0.450 e. The van der Waals surface area contributed by atoms with E-state index >= 15 is 0 Å². The molecule has 1 N–H and O–H groups in total. The maximum absolute atomic E-state index is 13.1. The van der Waals surface area contributed by atoms with Crippen LogP contribution in [0.15, 0.2) is 24.3 Å². The molecule has 2 amide bonds. The van der Waals surface area contributed by atoms with Crippen LogP contribution in [0.4, 0.5) is 14.9 Å². The zero-order valence-corrected chi connectivity index (χ0v) is 12.0. The molecule has 114 valence electrons. The Kier molecular flexibility index (Phi) is 5.14. The Morgan fingerprint density at radius 2 is 2.29 bits per heavy atom. The molecule has 2 rings (SSSR count). The number of halogens is 1. The van der Waals surface area contributed by atoms with Gasteiger partial charge in [0.2, 0.25) is 5.91 Å². The van der Waals surface area contributed by atoms with E-state index in [9.17, 15) is 14.0 Å². The van der Waals surface area contributed by atoms with Gasteiger partial charge in [0.1, 0.15) is 5.82 Å². The van der Waals surface area contributed by atoms with Crippen molar-refractivity contribution < 1.29 is 18.7 Å². The van der Waals surface area contributed by atoms with Gasteiger partial charge in [-0.25, -0.2) is 9.18 Å². The van der Waals surface area contributed by atoms with Gasteiger partial charge in [-0.15, -0.1) is 0 Å². The normalized spacial score (nSPS) is 18.2. The third-order valence-corrected chi connectivity index (χ3v) is 3.41. The van der Waals surface area contributed by atoms with Crippen LogP contribution in [0.25, 0.3) is 0 Å². The molecule has 0 aromatic heterocycles. The molecule has 0 aliphatic carbocycles. The number of anilines is 1. The maximum Gasteiger partial charge on any atom is 0.409 e. The highest BCUT2D eigenvalue weighted by atomic mass is 19.1. The molecule has 21 heavy (non-hydrogen) atoms. The Hall–Kier alpha value is -2.11. The van der Waals surface area contributed by atoms with Crippen molar-refractivity contribution in [3.63, 3.8) is 0 Å². The Morgan fingerprint density at radius 3 is 3.00 bits per heavy atom. The molecule has 1 unspecified atom stereocenters. The summed E-state index contributed by atoms with van der Waals surface area (Å²) in [5, 5.41) is 2.69. The van der Waals surface area contributed by atoms with Gasteiger partial charge in [0.25, 0.3) is 0 Å². The molecule has 0 bridgehead atoms. The van der Waals surface area contributed by atoms with E-state index in [4.69, 9.17) is 4.74 Å². The predicted molar refractivity (Wildman–Crippen MR) is 76.3 cm³/mol. The first kappa shape index (κ1) is 15.3. The fourth-order valence-electron chi connectivity index (χ4n) is 2.38. The molecular weight excluding hydrogens is 275 g/mol. The average Bonchev–Trinajstić information content (AvgIpc) is 2.47. The topological polar surface area (TPSA) is 58.6 Å². The van der Waals surface area contributed by atoms with E-state index in [2.05, 4.69) is 5.32 Å². The average molecular weight is 294 g/mol. The zero-order valence-electron chi connectivity index (χ0n) is 12.0. The minimum absolute atomic E-state index is 0.199. The summed E-state index contributed by atoms with van der Waals surface area (Å²) in [7, 11) is 0. The molecule has 5 nitrogen and oxygen atoms in total. The van der Waals surface area contributed by atoms with Gasteiger partial charge in [-0.3, -0.25) is 4.79 Å². The molecule has 1 aromatic rings. The predicted octanol–water partition coefficient (Wildman–Crippen LogP) is 2.63. The van der Waals surface area contributed by atoms with E-state index in [1.165, 1.54) is 18.2 Å². The molecule has 1 saturated heterocycles. The van der Waals surface area contributed by atoms with Crippen molar-refractivity contribution in [2.24, 2.45) is 5.92 Å². The maximum atomic E-state index is 13.1. The van der Waals surface area contributed by atoms with Crippen molar-refractivity contribution in [2.45, 2.75) is 19.8 Å². The van der Waals surface area contributed by atoms with Crippen LogP contribution in [0.3, 0.4) is 0 Å². The van der Waals surface area contributed by atoms with Crippen LogP contribution in [0, 0.1) is 11.7 Å². The number of ether oxygens (including phenoxy) is 1. The highest BCUT2D eigenvalue weighted by Crippen LogP contribution is 2.19. The second-order valence-corrected chi connectivity index (χ2v) is 4.98. The number of benzene rings is 1. The SMILES string of the molecule is CCOC(=O)N1CCCC(C(=O)Nc2cccc(F)c2)C1. The first-order valence-electron chi connectivity index (χ1n) is 7.08. The Morgan fingerprint density at radius 1 is 1.48 bits per heavy atom. The number of piperidine rings is 1. The zero-order chi connectivity index (χ0) is 15.2. The van der Waals surface area contributed by atoms with Gasteiger partial charge in [-0.1, -0.05) is 6.07 Å². The van der Waals surface area contributed by atoms with Gasteiger partial charge in [-0.05, 0) is 38.0 Å². The summed E-state index contributed by atoms with van der Waals surface area (Å²) in [5.74, 6) is -0.898. The standard InChI is InChI=1S/C15H19FN2O3/c1-2-21-15(20)18-8-4-5-11(10-18)14(19)17-13-7-3-6-12(16)9-13/h3,6-7,9,11H,2,4-5,8,10H2,1H3,(H,17,19). The molecule has 6 heteroatoms. The fourth-order valence-corrected chi connectivity index (χ4v) is 2.38. The van der Waals surface area contributed by atoms with Crippen LogP contribution in [-0.2, 0) is 9.53 Å². The van der Waals surface area contributed by atoms with Crippen LogP contribution in [0.2, 0.25) is 0 Å². The van der Waals surface area contributed by atoms with Gasteiger partial charge in [0.15, 0.2) is 0 Å². The molecule has 0 radical (unpaired) electrons. The Bertz CT molecular complexity index is 521. The molecule has 0 saturated carbocycles. The third-order valence-electron chi connectivity index (χ3n) is 3.41. The smallest absolute Gasteiger partial charge is 0.409 e. The fraction of sp³-hybridized carbons (Fsp3) is 0.467. The van der Waals surface area contributed by atoms with Crippen LogP contribution < -0.4 is 5.32 Å². The lowest BCUT2D eigenvalue weighted by Crippen LogP contribution is -2.44. The summed E-state index contributed by atoms with van der Waals surface area (Å²) in [5.41, 5.74) is 0.424. The van der Waals surface area contributed by atoms with Crippen LogP contribution in [0.1, 0.15) is 19.8 Å². The first-order valence-corrected chi connectivity index (χ1v) is 7.08. The van der Waals surface area contributed by atoms with E-state index < -0.39 is 5.82 Å². The minimum Gasteiger partial charge on any atom is -0.450 e. The lowest BCUT2D eigenvalue weighted by molar-refractivity contribution is -0.121. The van der Waals surface area contributed by atoms with E-state index in [1.807, 2.05) is 0 Å². The van der Waals surface area contributed by atoms with Crippen LogP contribution in [0.5, 0.6) is 0 Å². The lowest BCUT2D eigenvalue weighted by atomic mass is 9.97. The van der Waals surface area contributed by atoms with Gasteiger partial charge in [-0.2, -0.15) is 0 Å². The quantitative estimate of drug-likeness (QED) is 0.932. The number of nitrogens with zero attached hydrogens (tertiary/aromatic N) is 1. The monoisotopic (exact) mass is 294 g/mol. The summed E-state index contributed by atoms with van der Waals surface area (Å²) < 4.78 is 18.0. The Labute approximate surface area is 123 Å². The van der Waals surface area contributed by atoms with Crippen molar-refractivity contribution >= 4 is 17.7 Å². The number of likely N-dealkylation sites (tertiary alicyclic amines) is 1. The van der Waals surface area contributed by atoms with Gasteiger partial charge < -0.3 is 15.0 Å². The molecule has 1 atom stereocenters. The second-order valence-electron chi connectivity index (χ2n) is 4.98. The highest BCUT2D eigenvalue weighted by Gasteiger charge is 2.29. The van der Waals surface area contributed by atoms with E-state index in [1.54, 1.807) is 17.9 Å². The van der Waals surface area contributed by atoms with E-state index in [0.29, 0.717) is 31.8 Å². The minimum atomic E-state index is -0.399. The van der Waals surface area contributed by atoms with Crippen LogP contribution >= 0.6 is 0 Å². The first-order chi connectivity index (χ1) is 10.1. The molecule has 1 aromatic carbocycles. The highest BCUT2D eigenvalue weighted by molar-refractivity contribution is 5.93.